The first-order chi connectivity index (χ1) is 7.52. The van der Waals surface area contributed by atoms with Crippen molar-refractivity contribution >= 4 is 11.5 Å². The van der Waals surface area contributed by atoms with E-state index in [4.69, 9.17) is 4.74 Å². The summed E-state index contributed by atoms with van der Waals surface area (Å²) in [5.41, 5.74) is 2.17. The van der Waals surface area contributed by atoms with E-state index in [0.717, 1.165) is 22.8 Å². The standard InChI is InChI=1S/C13H20N2O/c1-9(2)16-13-7-6-12(8-10(13)3)15-11(4)14-5/h6-9H,1-5H3,(H,14,15). The molecular weight excluding hydrogens is 200 g/mol. The van der Waals surface area contributed by atoms with Gasteiger partial charge in [-0.05, 0) is 51.5 Å². The molecule has 88 valence electrons. The number of anilines is 1. The smallest absolute Gasteiger partial charge is 0.122 e. The van der Waals surface area contributed by atoms with Crippen molar-refractivity contribution in [1.82, 2.24) is 0 Å². The summed E-state index contributed by atoms with van der Waals surface area (Å²) in [6, 6.07) is 6.05. The Hall–Kier alpha value is -1.51. The van der Waals surface area contributed by atoms with Gasteiger partial charge in [0.2, 0.25) is 0 Å². The Balaban J connectivity index is 2.82. The fraction of sp³-hybridized carbons (Fsp3) is 0.462. The zero-order valence-corrected chi connectivity index (χ0v) is 10.7. The van der Waals surface area contributed by atoms with Crippen LogP contribution in [0.15, 0.2) is 23.2 Å². The molecular formula is C13H20N2O. The fourth-order valence-electron chi connectivity index (χ4n) is 1.38. The van der Waals surface area contributed by atoms with Gasteiger partial charge in [-0.2, -0.15) is 0 Å². The number of nitrogens with zero attached hydrogens (tertiary/aromatic N) is 1. The topological polar surface area (TPSA) is 33.6 Å². The highest BCUT2D eigenvalue weighted by Crippen LogP contribution is 2.22. The van der Waals surface area contributed by atoms with Gasteiger partial charge in [0.25, 0.3) is 0 Å². The van der Waals surface area contributed by atoms with Crippen molar-refractivity contribution in [3.8, 4) is 5.75 Å². The van der Waals surface area contributed by atoms with E-state index in [9.17, 15) is 0 Å². The third-order valence-electron chi connectivity index (χ3n) is 2.20. The second-order valence-electron chi connectivity index (χ2n) is 4.08. The molecule has 1 N–H and O–H groups in total. The number of hydrogen-bond acceptors (Lipinski definition) is 2. The Labute approximate surface area is 97.5 Å². The third-order valence-corrected chi connectivity index (χ3v) is 2.20. The van der Waals surface area contributed by atoms with Gasteiger partial charge in [0, 0.05) is 12.7 Å². The minimum absolute atomic E-state index is 0.205. The lowest BCUT2D eigenvalue weighted by Gasteiger charge is -2.14. The Bertz CT molecular complexity index is 384. The molecule has 0 heterocycles. The van der Waals surface area contributed by atoms with Crippen molar-refractivity contribution in [3.05, 3.63) is 23.8 Å². The van der Waals surface area contributed by atoms with E-state index in [0.29, 0.717) is 0 Å². The van der Waals surface area contributed by atoms with Crippen molar-refractivity contribution in [2.24, 2.45) is 4.99 Å². The zero-order chi connectivity index (χ0) is 12.1. The molecule has 0 atom stereocenters. The summed E-state index contributed by atoms with van der Waals surface area (Å²) >= 11 is 0. The molecule has 16 heavy (non-hydrogen) atoms. The predicted molar refractivity (Wildman–Crippen MR) is 69.6 cm³/mol. The van der Waals surface area contributed by atoms with Crippen LogP contribution in [0, 0.1) is 6.92 Å². The van der Waals surface area contributed by atoms with Gasteiger partial charge in [-0.3, -0.25) is 4.99 Å². The Morgan fingerprint density at radius 2 is 2.06 bits per heavy atom. The number of amidine groups is 1. The fourth-order valence-corrected chi connectivity index (χ4v) is 1.38. The van der Waals surface area contributed by atoms with Crippen LogP contribution in [-0.4, -0.2) is 19.0 Å². The molecule has 0 aliphatic carbocycles. The first-order valence-corrected chi connectivity index (χ1v) is 5.50. The summed E-state index contributed by atoms with van der Waals surface area (Å²) in [6.45, 7) is 8.04. The first-order valence-electron chi connectivity index (χ1n) is 5.50. The van der Waals surface area contributed by atoms with E-state index in [1.165, 1.54) is 0 Å². The Morgan fingerprint density at radius 1 is 1.38 bits per heavy atom. The number of nitrogens with one attached hydrogen (secondary N) is 1. The molecule has 1 aromatic rings. The zero-order valence-electron chi connectivity index (χ0n) is 10.7. The Kier molecular flexibility index (Phi) is 4.35. The minimum atomic E-state index is 0.205. The first kappa shape index (κ1) is 12.6. The summed E-state index contributed by atoms with van der Waals surface area (Å²) in [5.74, 6) is 1.84. The molecule has 0 spiro atoms. The second-order valence-corrected chi connectivity index (χ2v) is 4.08. The molecule has 0 aromatic heterocycles. The highest BCUT2D eigenvalue weighted by Gasteiger charge is 2.03. The van der Waals surface area contributed by atoms with Crippen LogP contribution < -0.4 is 10.1 Å². The number of rotatable bonds is 3. The quantitative estimate of drug-likeness (QED) is 0.626. The number of aryl methyl sites for hydroxylation is 1. The van der Waals surface area contributed by atoms with Crippen LogP contribution in [0.25, 0.3) is 0 Å². The molecule has 3 nitrogen and oxygen atoms in total. The van der Waals surface area contributed by atoms with Crippen LogP contribution in [0.1, 0.15) is 26.3 Å². The van der Waals surface area contributed by atoms with Gasteiger partial charge in [-0.25, -0.2) is 0 Å². The van der Waals surface area contributed by atoms with Gasteiger partial charge in [0.1, 0.15) is 5.75 Å². The normalized spacial score (nSPS) is 11.8. The maximum atomic E-state index is 5.67. The van der Waals surface area contributed by atoms with E-state index in [-0.39, 0.29) is 6.10 Å². The van der Waals surface area contributed by atoms with Gasteiger partial charge in [0.15, 0.2) is 0 Å². The SMILES string of the molecule is CN=C(C)Nc1ccc(OC(C)C)c(C)c1. The number of hydrogen-bond donors (Lipinski definition) is 1. The predicted octanol–water partition coefficient (Wildman–Crippen LogP) is 3.24. The summed E-state index contributed by atoms with van der Waals surface area (Å²) in [5, 5.41) is 3.21. The number of benzene rings is 1. The van der Waals surface area contributed by atoms with E-state index in [1.807, 2.05) is 39.8 Å². The van der Waals surface area contributed by atoms with E-state index < -0.39 is 0 Å². The van der Waals surface area contributed by atoms with Crippen molar-refractivity contribution in [1.29, 1.82) is 0 Å². The van der Waals surface area contributed by atoms with Crippen LogP contribution in [0.3, 0.4) is 0 Å². The minimum Gasteiger partial charge on any atom is -0.491 e. The molecule has 0 aliphatic heterocycles. The summed E-state index contributed by atoms with van der Waals surface area (Å²) in [7, 11) is 1.77. The van der Waals surface area contributed by atoms with Crippen molar-refractivity contribution in [2.45, 2.75) is 33.8 Å². The van der Waals surface area contributed by atoms with Crippen molar-refractivity contribution in [2.75, 3.05) is 12.4 Å². The van der Waals surface area contributed by atoms with Gasteiger partial charge in [-0.1, -0.05) is 0 Å². The molecule has 0 saturated carbocycles. The Morgan fingerprint density at radius 3 is 2.56 bits per heavy atom. The molecule has 1 rings (SSSR count). The summed E-state index contributed by atoms with van der Waals surface area (Å²) in [4.78, 5) is 4.06. The highest BCUT2D eigenvalue weighted by atomic mass is 16.5. The van der Waals surface area contributed by atoms with Crippen molar-refractivity contribution in [3.63, 3.8) is 0 Å². The van der Waals surface area contributed by atoms with Gasteiger partial charge >= 0.3 is 0 Å². The molecule has 0 aliphatic rings. The van der Waals surface area contributed by atoms with Crippen LogP contribution >= 0.6 is 0 Å². The molecule has 0 radical (unpaired) electrons. The van der Waals surface area contributed by atoms with E-state index in [1.54, 1.807) is 7.05 Å². The van der Waals surface area contributed by atoms with Crippen molar-refractivity contribution < 1.29 is 4.74 Å². The van der Waals surface area contributed by atoms with Crippen LogP contribution in [-0.2, 0) is 0 Å². The lowest BCUT2D eigenvalue weighted by Crippen LogP contribution is -2.09. The average molecular weight is 220 g/mol. The maximum absolute atomic E-state index is 5.67. The average Bonchev–Trinajstić information content (AvgIpc) is 2.21. The number of ether oxygens (including phenoxy) is 1. The van der Waals surface area contributed by atoms with E-state index in [2.05, 4.69) is 16.4 Å². The monoisotopic (exact) mass is 220 g/mol. The van der Waals surface area contributed by atoms with Crippen LogP contribution in [0.2, 0.25) is 0 Å². The molecule has 0 bridgehead atoms. The molecule has 0 unspecified atom stereocenters. The highest BCUT2D eigenvalue weighted by molar-refractivity contribution is 5.93. The second kappa shape index (κ2) is 5.54. The molecule has 0 fully saturated rings. The van der Waals surface area contributed by atoms with Crippen LogP contribution in [0.5, 0.6) is 5.75 Å². The van der Waals surface area contributed by atoms with Gasteiger partial charge in [0.05, 0.1) is 11.9 Å². The molecule has 0 amide bonds. The summed E-state index contributed by atoms with van der Waals surface area (Å²) in [6.07, 6.45) is 0.205. The van der Waals surface area contributed by atoms with Gasteiger partial charge in [-0.15, -0.1) is 0 Å². The maximum Gasteiger partial charge on any atom is 0.122 e. The lowest BCUT2D eigenvalue weighted by molar-refractivity contribution is 0.241. The number of aliphatic imine (C=N–C) groups is 1. The molecule has 0 saturated heterocycles. The molecule has 1 aromatic carbocycles. The summed E-state index contributed by atoms with van der Waals surface area (Å²) < 4.78 is 5.67. The third kappa shape index (κ3) is 3.57. The molecule has 3 heteroatoms. The largest absolute Gasteiger partial charge is 0.491 e. The van der Waals surface area contributed by atoms with E-state index >= 15 is 0 Å². The van der Waals surface area contributed by atoms with Crippen LogP contribution in [0.4, 0.5) is 5.69 Å². The van der Waals surface area contributed by atoms with Gasteiger partial charge < -0.3 is 10.1 Å². The lowest BCUT2D eigenvalue weighted by atomic mass is 10.2.